The molecule has 2 aliphatic rings. The number of amides is 2. The molecule has 0 atom stereocenters. The van der Waals surface area contributed by atoms with Gasteiger partial charge in [0.1, 0.15) is 0 Å². The van der Waals surface area contributed by atoms with Crippen LogP contribution in [0.4, 0.5) is 0 Å². The number of nitrogens with zero attached hydrogens (tertiary/aromatic N) is 1. The number of rotatable bonds is 4. The molecule has 2 fully saturated rings. The van der Waals surface area contributed by atoms with Gasteiger partial charge in [0.15, 0.2) is 0 Å². The van der Waals surface area contributed by atoms with Gasteiger partial charge in [-0.15, -0.1) is 0 Å². The van der Waals surface area contributed by atoms with E-state index in [1.54, 1.807) is 6.92 Å². The van der Waals surface area contributed by atoms with E-state index in [0.29, 0.717) is 19.6 Å². The van der Waals surface area contributed by atoms with E-state index in [2.05, 4.69) is 11.4 Å². The first-order valence-electron chi connectivity index (χ1n) is 9.95. The summed E-state index contributed by atoms with van der Waals surface area (Å²) in [6.07, 6.45) is 5.29. The average Bonchev–Trinajstić information content (AvgIpc) is 2.69. The van der Waals surface area contributed by atoms with Gasteiger partial charge in [-0.2, -0.15) is 0 Å². The zero-order valence-electron chi connectivity index (χ0n) is 16.0. The fourth-order valence-electron chi connectivity index (χ4n) is 4.52. The molecule has 1 heterocycles. The number of carbonyl (C=O) groups is 2. The number of likely N-dealkylation sites (tertiary alicyclic amines) is 1. The van der Waals surface area contributed by atoms with Crippen molar-refractivity contribution in [2.24, 2.45) is 11.7 Å². The van der Waals surface area contributed by atoms with E-state index in [9.17, 15) is 9.59 Å². The summed E-state index contributed by atoms with van der Waals surface area (Å²) in [5.41, 5.74) is 7.32. The molecule has 0 radical (unpaired) electrons. The van der Waals surface area contributed by atoms with Crippen molar-refractivity contribution < 1.29 is 9.59 Å². The maximum Gasteiger partial charge on any atom is 0.223 e. The third-order valence-electron chi connectivity index (χ3n) is 6.43. The zero-order valence-corrected chi connectivity index (χ0v) is 16.8. The van der Waals surface area contributed by atoms with Crippen LogP contribution in [0.5, 0.6) is 0 Å². The fraction of sp³-hybridized carbons (Fsp3) is 0.619. The van der Waals surface area contributed by atoms with Crippen molar-refractivity contribution in [3.63, 3.8) is 0 Å². The van der Waals surface area contributed by atoms with Crippen molar-refractivity contribution in [2.75, 3.05) is 19.6 Å². The molecular formula is C21H30ClN3O2. The Morgan fingerprint density at radius 3 is 2.44 bits per heavy atom. The molecule has 2 amide bonds. The van der Waals surface area contributed by atoms with Crippen LogP contribution in [0.25, 0.3) is 0 Å². The fourth-order valence-corrected chi connectivity index (χ4v) is 4.71. The molecule has 1 aliphatic heterocycles. The van der Waals surface area contributed by atoms with Gasteiger partial charge in [0, 0.05) is 49.0 Å². The third-order valence-corrected chi connectivity index (χ3v) is 6.66. The first kappa shape index (κ1) is 20.2. The highest BCUT2D eigenvalue weighted by molar-refractivity contribution is 6.30. The van der Waals surface area contributed by atoms with Crippen molar-refractivity contribution in [2.45, 2.75) is 56.9 Å². The quantitative estimate of drug-likeness (QED) is 0.828. The van der Waals surface area contributed by atoms with Crippen molar-refractivity contribution >= 4 is 23.4 Å². The van der Waals surface area contributed by atoms with Gasteiger partial charge in [0.05, 0.1) is 0 Å². The molecule has 0 spiro atoms. The molecule has 0 unspecified atom stereocenters. The summed E-state index contributed by atoms with van der Waals surface area (Å²) in [5.74, 6) is 0.265. The van der Waals surface area contributed by atoms with Gasteiger partial charge in [0.25, 0.3) is 0 Å². The second-order valence-corrected chi connectivity index (χ2v) is 8.49. The molecule has 27 heavy (non-hydrogen) atoms. The Balaban J connectivity index is 1.53. The SMILES string of the molecule is CC(=O)N1CCC(C(=O)N[C@H]2CC[C@](CN)(c3cccc(Cl)c3)CC2)CC1. The summed E-state index contributed by atoms with van der Waals surface area (Å²) < 4.78 is 0. The van der Waals surface area contributed by atoms with Crippen LogP contribution in [0, 0.1) is 5.92 Å². The number of nitrogens with two attached hydrogens (primary N) is 1. The summed E-state index contributed by atoms with van der Waals surface area (Å²) in [4.78, 5) is 25.9. The van der Waals surface area contributed by atoms with E-state index in [-0.39, 0.29) is 29.2 Å². The lowest BCUT2D eigenvalue weighted by Crippen LogP contribution is -2.48. The number of piperidine rings is 1. The minimum Gasteiger partial charge on any atom is -0.353 e. The molecule has 3 rings (SSSR count). The van der Waals surface area contributed by atoms with Crippen LogP contribution in [-0.4, -0.2) is 42.4 Å². The lowest BCUT2D eigenvalue weighted by Gasteiger charge is -2.40. The number of benzene rings is 1. The van der Waals surface area contributed by atoms with Gasteiger partial charge >= 0.3 is 0 Å². The van der Waals surface area contributed by atoms with Crippen molar-refractivity contribution in [3.8, 4) is 0 Å². The smallest absolute Gasteiger partial charge is 0.223 e. The third kappa shape index (κ3) is 4.64. The molecule has 3 N–H and O–H groups in total. The summed E-state index contributed by atoms with van der Waals surface area (Å²) >= 11 is 6.17. The minimum atomic E-state index is -0.0427. The standard InChI is InChI=1S/C21H30ClN3O2/c1-15(26)25-11-7-16(8-12-25)20(27)24-19-5-9-21(14-23,10-6-19)17-3-2-4-18(22)13-17/h2-4,13,16,19H,5-12,14,23H2,1H3,(H,24,27)/t19-,21-. The molecule has 1 aromatic carbocycles. The molecular weight excluding hydrogens is 362 g/mol. The predicted molar refractivity (Wildman–Crippen MR) is 108 cm³/mol. The van der Waals surface area contributed by atoms with Gasteiger partial charge < -0.3 is 16.0 Å². The van der Waals surface area contributed by atoms with E-state index in [1.807, 2.05) is 23.1 Å². The predicted octanol–water partition coefficient (Wildman–Crippen LogP) is 2.85. The highest BCUT2D eigenvalue weighted by Crippen LogP contribution is 2.39. The summed E-state index contributed by atoms with van der Waals surface area (Å²) in [7, 11) is 0. The molecule has 1 aliphatic carbocycles. The number of hydrogen-bond acceptors (Lipinski definition) is 3. The number of halogens is 1. The first-order chi connectivity index (χ1) is 12.9. The van der Waals surface area contributed by atoms with Crippen LogP contribution in [-0.2, 0) is 15.0 Å². The second kappa shape index (κ2) is 8.61. The maximum absolute atomic E-state index is 12.6. The van der Waals surface area contributed by atoms with Gasteiger partial charge in [-0.25, -0.2) is 0 Å². The monoisotopic (exact) mass is 391 g/mol. The molecule has 148 valence electrons. The molecule has 1 saturated carbocycles. The summed E-state index contributed by atoms with van der Waals surface area (Å²) in [5, 5.41) is 3.99. The largest absolute Gasteiger partial charge is 0.353 e. The molecule has 1 saturated heterocycles. The van der Waals surface area contributed by atoms with Gasteiger partial charge in [-0.3, -0.25) is 9.59 Å². The van der Waals surface area contributed by atoms with E-state index < -0.39 is 0 Å². The van der Waals surface area contributed by atoms with Crippen LogP contribution in [0.15, 0.2) is 24.3 Å². The summed E-state index contributed by atoms with van der Waals surface area (Å²) in [6.45, 7) is 3.55. The van der Waals surface area contributed by atoms with Crippen LogP contribution >= 0.6 is 11.6 Å². The maximum atomic E-state index is 12.6. The molecule has 6 heteroatoms. The van der Waals surface area contributed by atoms with Crippen LogP contribution in [0.3, 0.4) is 0 Å². The minimum absolute atomic E-state index is 0.0229. The van der Waals surface area contributed by atoms with Crippen molar-refractivity contribution in [3.05, 3.63) is 34.9 Å². The van der Waals surface area contributed by atoms with E-state index in [1.165, 1.54) is 5.56 Å². The Hall–Kier alpha value is -1.59. The van der Waals surface area contributed by atoms with Gasteiger partial charge in [-0.05, 0) is 56.2 Å². The van der Waals surface area contributed by atoms with E-state index in [4.69, 9.17) is 17.3 Å². The summed E-state index contributed by atoms with van der Waals surface area (Å²) in [6, 6.07) is 8.22. The lowest BCUT2D eigenvalue weighted by atomic mass is 9.68. The molecule has 0 bridgehead atoms. The molecule has 5 nitrogen and oxygen atoms in total. The molecule has 1 aromatic rings. The zero-order chi connectivity index (χ0) is 19.4. The average molecular weight is 392 g/mol. The normalized spacial score (nSPS) is 26.6. The number of hydrogen-bond donors (Lipinski definition) is 2. The van der Waals surface area contributed by atoms with Gasteiger partial charge in [-0.1, -0.05) is 23.7 Å². The number of nitrogens with one attached hydrogen (secondary N) is 1. The Morgan fingerprint density at radius 2 is 1.89 bits per heavy atom. The Morgan fingerprint density at radius 1 is 1.22 bits per heavy atom. The molecule has 0 aromatic heterocycles. The van der Waals surface area contributed by atoms with E-state index >= 15 is 0 Å². The Bertz CT molecular complexity index is 678. The topological polar surface area (TPSA) is 75.4 Å². The highest BCUT2D eigenvalue weighted by Gasteiger charge is 2.37. The van der Waals surface area contributed by atoms with Crippen molar-refractivity contribution in [1.29, 1.82) is 0 Å². The van der Waals surface area contributed by atoms with Crippen LogP contribution in [0.2, 0.25) is 5.02 Å². The number of carbonyl (C=O) groups excluding carboxylic acids is 2. The van der Waals surface area contributed by atoms with Crippen molar-refractivity contribution in [1.82, 2.24) is 10.2 Å². The lowest BCUT2D eigenvalue weighted by molar-refractivity contribution is -0.134. The van der Waals surface area contributed by atoms with E-state index in [0.717, 1.165) is 43.5 Å². The first-order valence-corrected chi connectivity index (χ1v) is 10.3. The second-order valence-electron chi connectivity index (χ2n) is 8.06. The van der Waals surface area contributed by atoms with Gasteiger partial charge in [0.2, 0.25) is 11.8 Å². The van der Waals surface area contributed by atoms with Crippen LogP contribution in [0.1, 0.15) is 51.0 Å². The Kier molecular flexibility index (Phi) is 6.43. The van der Waals surface area contributed by atoms with Crippen LogP contribution < -0.4 is 11.1 Å². The highest BCUT2D eigenvalue weighted by atomic mass is 35.5. The Labute approximate surface area is 166 Å².